The van der Waals surface area contributed by atoms with Gasteiger partial charge in [-0.2, -0.15) is 0 Å². The van der Waals surface area contributed by atoms with Gasteiger partial charge >= 0.3 is 6.03 Å². The molecule has 128 valence electrons. The van der Waals surface area contributed by atoms with Gasteiger partial charge in [0.1, 0.15) is 12.1 Å². The highest BCUT2D eigenvalue weighted by Gasteiger charge is 2.52. The Bertz CT molecular complexity index is 493. The summed E-state index contributed by atoms with van der Waals surface area (Å²) < 4.78 is 0. The summed E-state index contributed by atoms with van der Waals surface area (Å²) in [7, 11) is 0. The molecule has 0 aromatic heterocycles. The summed E-state index contributed by atoms with van der Waals surface area (Å²) >= 11 is 0. The summed E-state index contributed by atoms with van der Waals surface area (Å²) in [5.74, 6) is -0.300. The highest BCUT2D eigenvalue weighted by atomic mass is 16.2. The zero-order chi connectivity index (χ0) is 16.4. The van der Waals surface area contributed by atoms with E-state index < -0.39 is 11.6 Å². The third kappa shape index (κ3) is 2.95. The first-order chi connectivity index (χ1) is 11.1. The molecule has 4 amide bonds. The van der Waals surface area contributed by atoms with Crippen molar-refractivity contribution in [2.24, 2.45) is 0 Å². The SMILES string of the molecule is CCN(C(=O)CN1C(=O)NC2(CCCC2)C1=O)C1CCCCC1. The summed E-state index contributed by atoms with van der Waals surface area (Å²) in [6.45, 7) is 2.49. The number of urea groups is 1. The van der Waals surface area contributed by atoms with Crippen molar-refractivity contribution in [2.75, 3.05) is 13.1 Å². The van der Waals surface area contributed by atoms with Crippen LogP contribution in [0.25, 0.3) is 0 Å². The average Bonchev–Trinajstić information content (AvgIpc) is 3.11. The molecule has 6 heteroatoms. The first kappa shape index (κ1) is 16.3. The zero-order valence-electron chi connectivity index (χ0n) is 14.0. The Morgan fingerprint density at radius 2 is 1.83 bits per heavy atom. The van der Waals surface area contributed by atoms with Crippen molar-refractivity contribution in [2.45, 2.75) is 76.3 Å². The number of imide groups is 1. The average molecular weight is 321 g/mol. The van der Waals surface area contributed by atoms with Crippen LogP contribution < -0.4 is 5.32 Å². The molecule has 0 aromatic carbocycles. The minimum Gasteiger partial charge on any atom is -0.338 e. The summed E-state index contributed by atoms with van der Waals surface area (Å²) in [5, 5.41) is 2.84. The first-order valence-corrected chi connectivity index (χ1v) is 9.01. The summed E-state index contributed by atoms with van der Waals surface area (Å²) in [6.07, 6.45) is 8.91. The van der Waals surface area contributed by atoms with Gasteiger partial charge in [-0.25, -0.2) is 4.79 Å². The van der Waals surface area contributed by atoms with Gasteiger partial charge in [0, 0.05) is 12.6 Å². The molecule has 3 rings (SSSR count). The van der Waals surface area contributed by atoms with Crippen LogP contribution in [0, 0.1) is 0 Å². The normalized spacial score (nSPS) is 24.3. The van der Waals surface area contributed by atoms with E-state index in [4.69, 9.17) is 0 Å². The number of amides is 4. The Balaban J connectivity index is 1.66. The number of carbonyl (C=O) groups excluding carboxylic acids is 3. The molecular formula is C17H27N3O3. The molecule has 3 fully saturated rings. The third-order valence-electron chi connectivity index (χ3n) is 5.67. The monoisotopic (exact) mass is 321 g/mol. The lowest BCUT2D eigenvalue weighted by atomic mass is 9.94. The van der Waals surface area contributed by atoms with E-state index in [0.717, 1.165) is 43.4 Å². The first-order valence-electron chi connectivity index (χ1n) is 9.01. The second-order valence-electron chi connectivity index (χ2n) is 7.08. The van der Waals surface area contributed by atoms with Gasteiger partial charge in [-0.05, 0) is 32.6 Å². The van der Waals surface area contributed by atoms with Crippen molar-refractivity contribution in [3.63, 3.8) is 0 Å². The van der Waals surface area contributed by atoms with Crippen LogP contribution in [-0.4, -0.2) is 52.3 Å². The lowest BCUT2D eigenvalue weighted by molar-refractivity contribution is -0.140. The number of nitrogens with one attached hydrogen (secondary N) is 1. The van der Waals surface area contributed by atoms with Crippen LogP contribution >= 0.6 is 0 Å². The fourth-order valence-corrected chi connectivity index (χ4v) is 4.39. The number of carbonyl (C=O) groups is 3. The maximum absolute atomic E-state index is 12.7. The maximum Gasteiger partial charge on any atom is 0.325 e. The van der Waals surface area contributed by atoms with E-state index in [0.29, 0.717) is 19.4 Å². The van der Waals surface area contributed by atoms with E-state index in [1.165, 1.54) is 6.42 Å². The van der Waals surface area contributed by atoms with Crippen LogP contribution in [0.1, 0.15) is 64.7 Å². The fourth-order valence-electron chi connectivity index (χ4n) is 4.39. The zero-order valence-corrected chi connectivity index (χ0v) is 14.0. The summed E-state index contributed by atoms with van der Waals surface area (Å²) in [4.78, 5) is 40.5. The quantitative estimate of drug-likeness (QED) is 0.806. The van der Waals surface area contributed by atoms with Crippen LogP contribution in [0.3, 0.4) is 0 Å². The molecule has 0 atom stereocenters. The second kappa shape index (κ2) is 6.49. The molecular weight excluding hydrogens is 294 g/mol. The molecule has 1 spiro atoms. The van der Waals surface area contributed by atoms with Crippen LogP contribution in [-0.2, 0) is 9.59 Å². The number of likely N-dealkylation sites (N-methyl/N-ethyl adjacent to an activating group) is 1. The van der Waals surface area contributed by atoms with Crippen LogP contribution in [0.5, 0.6) is 0 Å². The van der Waals surface area contributed by atoms with E-state index in [1.807, 2.05) is 11.8 Å². The molecule has 0 radical (unpaired) electrons. The molecule has 0 unspecified atom stereocenters. The van der Waals surface area contributed by atoms with E-state index in [9.17, 15) is 14.4 Å². The Kier molecular flexibility index (Phi) is 4.60. The van der Waals surface area contributed by atoms with Gasteiger partial charge in [-0.15, -0.1) is 0 Å². The molecule has 23 heavy (non-hydrogen) atoms. The van der Waals surface area contributed by atoms with E-state index in [2.05, 4.69) is 5.32 Å². The van der Waals surface area contributed by atoms with Crippen molar-refractivity contribution in [3.8, 4) is 0 Å². The van der Waals surface area contributed by atoms with Crippen LogP contribution in [0.2, 0.25) is 0 Å². The van der Waals surface area contributed by atoms with E-state index >= 15 is 0 Å². The second-order valence-corrected chi connectivity index (χ2v) is 7.08. The predicted octanol–water partition coefficient (Wildman–Crippen LogP) is 2.03. The Labute approximate surface area is 137 Å². The molecule has 0 bridgehead atoms. The lowest BCUT2D eigenvalue weighted by Crippen LogP contribution is -2.48. The van der Waals surface area contributed by atoms with Gasteiger partial charge < -0.3 is 10.2 Å². The van der Waals surface area contributed by atoms with E-state index in [1.54, 1.807) is 0 Å². The standard InChI is InChI=1S/C17H27N3O3/c1-2-19(13-8-4-3-5-9-13)14(21)12-20-15(22)17(18-16(20)23)10-6-7-11-17/h13H,2-12H2,1H3,(H,18,23). The number of hydrogen-bond acceptors (Lipinski definition) is 3. The van der Waals surface area contributed by atoms with Gasteiger partial charge in [-0.1, -0.05) is 32.1 Å². The number of nitrogens with zero attached hydrogens (tertiary/aromatic N) is 2. The molecule has 2 aliphatic carbocycles. The highest BCUT2D eigenvalue weighted by molar-refractivity contribution is 6.09. The molecule has 0 aromatic rings. The fraction of sp³-hybridized carbons (Fsp3) is 0.824. The molecule has 1 N–H and O–H groups in total. The van der Waals surface area contributed by atoms with Crippen molar-refractivity contribution in [1.29, 1.82) is 0 Å². The van der Waals surface area contributed by atoms with Crippen molar-refractivity contribution >= 4 is 17.8 Å². The topological polar surface area (TPSA) is 69.7 Å². The number of rotatable bonds is 4. The van der Waals surface area contributed by atoms with Gasteiger partial charge in [0.15, 0.2) is 0 Å². The Morgan fingerprint density at radius 1 is 1.17 bits per heavy atom. The predicted molar refractivity (Wildman–Crippen MR) is 85.7 cm³/mol. The van der Waals surface area contributed by atoms with E-state index in [-0.39, 0.29) is 24.4 Å². The Morgan fingerprint density at radius 3 is 2.43 bits per heavy atom. The van der Waals surface area contributed by atoms with Gasteiger partial charge in [0.2, 0.25) is 5.91 Å². The number of hydrogen-bond donors (Lipinski definition) is 1. The molecule has 6 nitrogen and oxygen atoms in total. The lowest BCUT2D eigenvalue weighted by Gasteiger charge is -2.34. The smallest absolute Gasteiger partial charge is 0.325 e. The third-order valence-corrected chi connectivity index (χ3v) is 5.67. The van der Waals surface area contributed by atoms with Crippen molar-refractivity contribution in [1.82, 2.24) is 15.1 Å². The highest BCUT2D eigenvalue weighted by Crippen LogP contribution is 2.35. The maximum atomic E-state index is 12.7. The summed E-state index contributed by atoms with van der Waals surface area (Å²) in [6, 6.07) is -0.132. The van der Waals surface area contributed by atoms with Gasteiger partial charge in [-0.3, -0.25) is 14.5 Å². The minimum atomic E-state index is -0.723. The largest absolute Gasteiger partial charge is 0.338 e. The van der Waals surface area contributed by atoms with Gasteiger partial charge in [0.25, 0.3) is 5.91 Å². The molecule has 1 aliphatic heterocycles. The molecule has 2 saturated carbocycles. The van der Waals surface area contributed by atoms with Gasteiger partial charge in [0.05, 0.1) is 0 Å². The van der Waals surface area contributed by atoms with Crippen molar-refractivity contribution in [3.05, 3.63) is 0 Å². The molecule has 1 heterocycles. The molecule has 3 aliphatic rings. The van der Waals surface area contributed by atoms with Crippen LogP contribution in [0.4, 0.5) is 4.79 Å². The van der Waals surface area contributed by atoms with Crippen molar-refractivity contribution < 1.29 is 14.4 Å². The summed E-state index contributed by atoms with van der Waals surface area (Å²) in [5.41, 5.74) is -0.723. The minimum absolute atomic E-state index is 0.0991. The molecule has 1 saturated heterocycles. The van der Waals surface area contributed by atoms with Crippen LogP contribution in [0.15, 0.2) is 0 Å². The Hall–Kier alpha value is -1.59.